The first-order chi connectivity index (χ1) is 15.1. The van der Waals surface area contributed by atoms with Gasteiger partial charge in [0.15, 0.2) is 4.34 Å². The Kier molecular flexibility index (Phi) is 6.64. The van der Waals surface area contributed by atoms with Crippen LogP contribution in [-0.4, -0.2) is 35.3 Å². The van der Waals surface area contributed by atoms with E-state index < -0.39 is 0 Å². The van der Waals surface area contributed by atoms with Crippen LogP contribution in [0.3, 0.4) is 0 Å². The Bertz CT molecular complexity index is 1160. The fourth-order valence-corrected chi connectivity index (χ4v) is 5.06. The summed E-state index contributed by atoms with van der Waals surface area (Å²) in [6.07, 6.45) is 0. The summed E-state index contributed by atoms with van der Waals surface area (Å²) < 4.78 is 2.22. The number of benzene rings is 3. The fraction of sp³-hybridized carbons (Fsp3) is 0.125. The number of amides is 2. The predicted octanol–water partition coefficient (Wildman–Crippen LogP) is 5.30. The standard InChI is InChI=1S/C24H21N3O2S2/c1-27(15-22(28)25-19-7-3-2-4-8-19)23(29)18-13-11-17(12-14-18)16-30-24-26-20-9-5-6-10-21(20)31-24/h2-14H,15-16H2,1H3,(H,25,28). The number of rotatable bonds is 7. The van der Waals surface area contributed by atoms with Crippen molar-refractivity contribution in [3.63, 3.8) is 0 Å². The minimum absolute atomic E-state index is 0.0110. The summed E-state index contributed by atoms with van der Waals surface area (Å²) >= 11 is 3.38. The molecule has 1 N–H and O–H groups in total. The largest absolute Gasteiger partial charge is 0.332 e. The van der Waals surface area contributed by atoms with E-state index in [0.717, 1.165) is 21.2 Å². The minimum Gasteiger partial charge on any atom is -0.332 e. The topological polar surface area (TPSA) is 62.3 Å². The van der Waals surface area contributed by atoms with Gasteiger partial charge in [-0.3, -0.25) is 9.59 Å². The molecule has 156 valence electrons. The van der Waals surface area contributed by atoms with Crippen molar-refractivity contribution in [3.8, 4) is 0 Å². The number of nitrogens with zero attached hydrogens (tertiary/aromatic N) is 2. The third-order valence-corrected chi connectivity index (χ3v) is 6.87. The Balaban J connectivity index is 1.31. The zero-order chi connectivity index (χ0) is 21.6. The molecule has 0 unspecified atom stereocenters. The van der Waals surface area contributed by atoms with E-state index in [9.17, 15) is 9.59 Å². The van der Waals surface area contributed by atoms with Gasteiger partial charge >= 0.3 is 0 Å². The second-order valence-electron chi connectivity index (χ2n) is 7.01. The van der Waals surface area contributed by atoms with E-state index in [1.165, 1.54) is 9.60 Å². The number of para-hydroxylation sites is 2. The maximum Gasteiger partial charge on any atom is 0.254 e. The highest BCUT2D eigenvalue weighted by molar-refractivity contribution is 8.00. The molecule has 5 nitrogen and oxygen atoms in total. The molecule has 0 radical (unpaired) electrons. The van der Waals surface area contributed by atoms with Gasteiger partial charge in [0.1, 0.15) is 0 Å². The Morgan fingerprint density at radius 3 is 2.42 bits per heavy atom. The van der Waals surface area contributed by atoms with Gasteiger partial charge in [0.05, 0.1) is 16.8 Å². The van der Waals surface area contributed by atoms with E-state index in [-0.39, 0.29) is 18.4 Å². The summed E-state index contributed by atoms with van der Waals surface area (Å²) in [7, 11) is 1.63. The second kappa shape index (κ2) is 9.76. The van der Waals surface area contributed by atoms with Crippen LogP contribution in [0, 0.1) is 0 Å². The van der Waals surface area contributed by atoms with Gasteiger partial charge in [-0.25, -0.2) is 4.98 Å². The number of aromatic nitrogens is 1. The zero-order valence-electron chi connectivity index (χ0n) is 16.9. The molecule has 0 atom stereocenters. The van der Waals surface area contributed by atoms with Crippen LogP contribution in [0.4, 0.5) is 5.69 Å². The van der Waals surface area contributed by atoms with Crippen LogP contribution >= 0.6 is 23.1 Å². The first kappa shape index (κ1) is 21.1. The van der Waals surface area contributed by atoms with Gasteiger partial charge in [-0.1, -0.05) is 54.2 Å². The SMILES string of the molecule is CN(CC(=O)Nc1ccccc1)C(=O)c1ccc(CSc2nc3ccccc3s2)cc1. The molecule has 1 aromatic heterocycles. The van der Waals surface area contributed by atoms with E-state index in [4.69, 9.17) is 0 Å². The maximum absolute atomic E-state index is 12.7. The molecule has 0 aliphatic carbocycles. The Morgan fingerprint density at radius 1 is 0.968 bits per heavy atom. The van der Waals surface area contributed by atoms with Crippen LogP contribution in [0.1, 0.15) is 15.9 Å². The smallest absolute Gasteiger partial charge is 0.254 e. The highest BCUT2D eigenvalue weighted by atomic mass is 32.2. The monoisotopic (exact) mass is 447 g/mol. The van der Waals surface area contributed by atoms with E-state index in [2.05, 4.69) is 16.4 Å². The molecule has 1 heterocycles. The van der Waals surface area contributed by atoms with Crippen molar-refractivity contribution in [3.05, 3.63) is 90.0 Å². The number of hydrogen-bond donors (Lipinski definition) is 1. The molecule has 31 heavy (non-hydrogen) atoms. The Morgan fingerprint density at radius 2 is 1.68 bits per heavy atom. The van der Waals surface area contributed by atoms with Crippen molar-refractivity contribution in [2.24, 2.45) is 0 Å². The number of nitrogens with one attached hydrogen (secondary N) is 1. The molecule has 7 heteroatoms. The summed E-state index contributed by atoms with van der Waals surface area (Å²) in [5.41, 5.74) is 3.41. The van der Waals surface area contributed by atoms with E-state index in [1.54, 1.807) is 30.1 Å². The predicted molar refractivity (Wildman–Crippen MR) is 128 cm³/mol. The summed E-state index contributed by atoms with van der Waals surface area (Å²) in [5.74, 6) is 0.364. The van der Waals surface area contributed by atoms with Gasteiger partial charge < -0.3 is 10.2 Å². The molecule has 0 aliphatic rings. The van der Waals surface area contributed by atoms with Crippen LogP contribution in [0.5, 0.6) is 0 Å². The summed E-state index contributed by atoms with van der Waals surface area (Å²) in [6, 6.07) is 24.8. The van der Waals surface area contributed by atoms with Crippen LogP contribution in [0.2, 0.25) is 0 Å². The molecule has 0 saturated carbocycles. The minimum atomic E-state index is -0.231. The van der Waals surface area contributed by atoms with Crippen LogP contribution in [-0.2, 0) is 10.5 Å². The number of anilines is 1. The van der Waals surface area contributed by atoms with Gasteiger partial charge in [0.25, 0.3) is 5.91 Å². The molecule has 2 amide bonds. The van der Waals surface area contributed by atoms with Crippen molar-refractivity contribution in [2.75, 3.05) is 18.9 Å². The van der Waals surface area contributed by atoms with Crippen molar-refractivity contribution in [1.82, 2.24) is 9.88 Å². The van der Waals surface area contributed by atoms with E-state index in [1.807, 2.05) is 72.8 Å². The lowest BCUT2D eigenvalue weighted by atomic mass is 10.1. The van der Waals surface area contributed by atoms with Crippen molar-refractivity contribution in [1.29, 1.82) is 0 Å². The van der Waals surface area contributed by atoms with Crippen molar-refractivity contribution in [2.45, 2.75) is 10.1 Å². The summed E-state index contributed by atoms with van der Waals surface area (Å²) in [4.78, 5) is 30.9. The quantitative estimate of drug-likeness (QED) is 0.391. The number of hydrogen-bond acceptors (Lipinski definition) is 5. The highest BCUT2D eigenvalue weighted by Crippen LogP contribution is 2.31. The molecule has 0 bridgehead atoms. The number of thiazole rings is 1. The average molecular weight is 448 g/mol. The van der Waals surface area contributed by atoms with Gasteiger partial charge in [-0.2, -0.15) is 0 Å². The van der Waals surface area contributed by atoms with Gasteiger partial charge in [0.2, 0.25) is 5.91 Å². The molecule has 0 fully saturated rings. The number of likely N-dealkylation sites (N-methyl/N-ethyl adjacent to an activating group) is 1. The van der Waals surface area contributed by atoms with Crippen LogP contribution in [0.15, 0.2) is 83.2 Å². The molecule has 0 saturated heterocycles. The molecular formula is C24H21N3O2S2. The zero-order valence-corrected chi connectivity index (χ0v) is 18.6. The molecule has 0 spiro atoms. The molecule has 4 aromatic rings. The fourth-order valence-electron chi connectivity index (χ4n) is 3.03. The highest BCUT2D eigenvalue weighted by Gasteiger charge is 2.15. The third-order valence-electron chi connectivity index (χ3n) is 4.62. The van der Waals surface area contributed by atoms with E-state index >= 15 is 0 Å². The lowest BCUT2D eigenvalue weighted by Crippen LogP contribution is -2.34. The maximum atomic E-state index is 12.7. The van der Waals surface area contributed by atoms with E-state index in [0.29, 0.717) is 11.3 Å². The van der Waals surface area contributed by atoms with Crippen molar-refractivity contribution >= 4 is 50.8 Å². The van der Waals surface area contributed by atoms with Gasteiger partial charge in [-0.05, 0) is 42.0 Å². The van der Waals surface area contributed by atoms with Crippen LogP contribution < -0.4 is 5.32 Å². The second-order valence-corrected chi connectivity index (χ2v) is 9.26. The molecule has 4 rings (SSSR count). The molecule has 0 aliphatic heterocycles. The molecule has 3 aromatic carbocycles. The molecular weight excluding hydrogens is 426 g/mol. The van der Waals surface area contributed by atoms with Gasteiger partial charge in [0, 0.05) is 24.1 Å². The lowest BCUT2D eigenvalue weighted by Gasteiger charge is -2.17. The lowest BCUT2D eigenvalue weighted by molar-refractivity contribution is -0.116. The van der Waals surface area contributed by atoms with Crippen molar-refractivity contribution < 1.29 is 9.59 Å². The number of carbonyl (C=O) groups is 2. The number of fused-ring (bicyclic) bond motifs is 1. The van der Waals surface area contributed by atoms with Crippen LogP contribution in [0.25, 0.3) is 10.2 Å². The average Bonchev–Trinajstić information content (AvgIpc) is 3.21. The Labute approximate surface area is 189 Å². The first-order valence-corrected chi connectivity index (χ1v) is 11.6. The Hall–Kier alpha value is -3.16. The number of carbonyl (C=O) groups excluding carboxylic acids is 2. The normalized spacial score (nSPS) is 10.7. The third kappa shape index (κ3) is 5.51. The number of thioether (sulfide) groups is 1. The first-order valence-electron chi connectivity index (χ1n) is 9.76. The summed E-state index contributed by atoms with van der Waals surface area (Å²) in [5, 5.41) is 2.79. The summed E-state index contributed by atoms with van der Waals surface area (Å²) in [6.45, 7) is -0.0110. The van der Waals surface area contributed by atoms with Gasteiger partial charge in [-0.15, -0.1) is 11.3 Å².